The molecule has 0 aliphatic heterocycles. The second-order valence-corrected chi connectivity index (χ2v) is 7.01. The number of hydrogen-bond donors (Lipinski definition) is 1. The van der Waals surface area contributed by atoms with Crippen molar-refractivity contribution in [2.45, 2.75) is 6.42 Å². The number of nitrogens with one attached hydrogen (secondary N) is 1. The van der Waals surface area contributed by atoms with Gasteiger partial charge in [0.15, 0.2) is 5.65 Å². The first-order chi connectivity index (χ1) is 14.7. The Bertz CT molecular complexity index is 1340. The number of nitrogens with zero attached hydrogens (tertiary/aromatic N) is 8. The number of hydrogen-bond acceptors (Lipinski definition) is 7. The van der Waals surface area contributed by atoms with E-state index in [9.17, 15) is 0 Å². The third kappa shape index (κ3) is 3.58. The van der Waals surface area contributed by atoms with Crippen molar-refractivity contribution in [1.29, 1.82) is 0 Å². The van der Waals surface area contributed by atoms with Crippen LogP contribution in [0.5, 0.6) is 0 Å². The van der Waals surface area contributed by atoms with Crippen LogP contribution in [0.25, 0.3) is 16.9 Å². The Labute approximate surface area is 176 Å². The largest absolute Gasteiger partial charge is 0.309 e. The highest BCUT2D eigenvalue weighted by molar-refractivity contribution is 6.29. The Hall–Kier alpha value is -3.85. The molecule has 0 saturated carbocycles. The number of rotatable bonds is 5. The third-order valence-electron chi connectivity index (χ3n) is 4.60. The van der Waals surface area contributed by atoms with Crippen LogP contribution in [0.15, 0.2) is 61.1 Å². The smallest absolute Gasteiger partial charge is 0.228 e. The molecule has 10 heteroatoms. The predicted molar refractivity (Wildman–Crippen MR) is 113 cm³/mol. The summed E-state index contributed by atoms with van der Waals surface area (Å²) in [7, 11) is 1.85. The molecule has 0 spiro atoms. The van der Waals surface area contributed by atoms with Crippen LogP contribution < -0.4 is 5.32 Å². The molecule has 9 nitrogen and oxygen atoms in total. The molecule has 0 saturated heterocycles. The highest BCUT2D eigenvalue weighted by Gasteiger charge is 2.10. The number of fused-ring (bicyclic) bond motifs is 1. The number of anilines is 2. The molecule has 0 radical (unpaired) electrons. The van der Waals surface area contributed by atoms with Gasteiger partial charge in [0.2, 0.25) is 5.95 Å². The molecule has 0 fully saturated rings. The zero-order valence-electron chi connectivity index (χ0n) is 15.9. The van der Waals surface area contributed by atoms with Crippen LogP contribution in [0.2, 0.25) is 5.15 Å². The van der Waals surface area contributed by atoms with Gasteiger partial charge in [-0.25, -0.2) is 15.0 Å². The van der Waals surface area contributed by atoms with E-state index in [1.165, 1.54) is 0 Å². The Morgan fingerprint density at radius 2 is 1.97 bits per heavy atom. The van der Waals surface area contributed by atoms with E-state index in [2.05, 4.69) is 35.6 Å². The highest BCUT2D eigenvalue weighted by Crippen LogP contribution is 2.21. The Morgan fingerprint density at radius 3 is 2.80 bits per heavy atom. The summed E-state index contributed by atoms with van der Waals surface area (Å²) < 4.78 is 3.65. The molecular formula is C20H16ClN9. The van der Waals surface area contributed by atoms with Gasteiger partial charge in [-0.2, -0.15) is 5.10 Å². The van der Waals surface area contributed by atoms with Crippen LogP contribution >= 0.6 is 11.6 Å². The zero-order chi connectivity index (χ0) is 20.5. The van der Waals surface area contributed by atoms with Gasteiger partial charge in [-0.05, 0) is 30.3 Å². The quantitative estimate of drug-likeness (QED) is 0.438. The number of halogens is 1. The van der Waals surface area contributed by atoms with Crippen LogP contribution in [-0.2, 0) is 13.5 Å². The van der Waals surface area contributed by atoms with Crippen molar-refractivity contribution in [3.8, 4) is 11.3 Å². The Balaban J connectivity index is 1.43. The molecule has 0 atom stereocenters. The van der Waals surface area contributed by atoms with Crippen molar-refractivity contribution < 1.29 is 0 Å². The minimum atomic E-state index is 0.461. The van der Waals surface area contributed by atoms with Crippen molar-refractivity contribution >= 4 is 29.0 Å². The lowest BCUT2D eigenvalue weighted by molar-refractivity contribution is 0.775. The number of aromatic nitrogens is 8. The maximum Gasteiger partial charge on any atom is 0.228 e. The molecular weight excluding hydrogens is 402 g/mol. The zero-order valence-corrected chi connectivity index (χ0v) is 16.7. The minimum absolute atomic E-state index is 0.461. The summed E-state index contributed by atoms with van der Waals surface area (Å²) in [4.78, 5) is 13.2. The first kappa shape index (κ1) is 18.2. The molecule has 0 unspecified atom stereocenters. The molecule has 30 heavy (non-hydrogen) atoms. The highest BCUT2D eigenvalue weighted by atomic mass is 35.5. The SMILES string of the molecule is Cn1nccc1Nc1nccc(-c2ccn3c(Cc4cccc(Cl)n4)nnc3c2)n1. The van der Waals surface area contributed by atoms with Gasteiger partial charge in [0.25, 0.3) is 0 Å². The Kier molecular flexibility index (Phi) is 4.56. The molecule has 5 heterocycles. The molecule has 0 aromatic carbocycles. The lowest BCUT2D eigenvalue weighted by Crippen LogP contribution is -2.03. The second-order valence-electron chi connectivity index (χ2n) is 6.62. The van der Waals surface area contributed by atoms with E-state index >= 15 is 0 Å². The van der Waals surface area contributed by atoms with E-state index < -0.39 is 0 Å². The summed E-state index contributed by atoms with van der Waals surface area (Å²) in [6.07, 6.45) is 5.89. The van der Waals surface area contributed by atoms with Gasteiger partial charge in [-0.3, -0.25) is 9.08 Å². The van der Waals surface area contributed by atoms with Gasteiger partial charge in [-0.15, -0.1) is 10.2 Å². The van der Waals surface area contributed by atoms with Crippen molar-refractivity contribution in [3.05, 3.63) is 77.7 Å². The number of pyridine rings is 2. The van der Waals surface area contributed by atoms with Crippen LogP contribution in [-0.4, -0.2) is 39.3 Å². The summed E-state index contributed by atoms with van der Waals surface area (Å²) in [6, 6.07) is 13.2. The summed E-state index contributed by atoms with van der Waals surface area (Å²) in [6.45, 7) is 0. The van der Waals surface area contributed by atoms with Crippen molar-refractivity contribution in [2.24, 2.45) is 7.05 Å². The third-order valence-corrected chi connectivity index (χ3v) is 4.82. The fourth-order valence-electron chi connectivity index (χ4n) is 3.12. The van der Waals surface area contributed by atoms with E-state index in [4.69, 9.17) is 11.6 Å². The molecule has 1 N–H and O–H groups in total. The fraction of sp³-hybridized carbons (Fsp3) is 0.100. The van der Waals surface area contributed by atoms with Gasteiger partial charge >= 0.3 is 0 Å². The normalized spacial score (nSPS) is 11.1. The average molecular weight is 418 g/mol. The van der Waals surface area contributed by atoms with Crippen LogP contribution in [0, 0.1) is 0 Å². The fourth-order valence-corrected chi connectivity index (χ4v) is 3.30. The Morgan fingerprint density at radius 1 is 1.03 bits per heavy atom. The van der Waals surface area contributed by atoms with Crippen LogP contribution in [0.3, 0.4) is 0 Å². The average Bonchev–Trinajstić information content (AvgIpc) is 3.34. The lowest BCUT2D eigenvalue weighted by atomic mass is 10.2. The van der Waals surface area contributed by atoms with Crippen molar-refractivity contribution in [1.82, 2.24) is 39.3 Å². The molecule has 5 rings (SSSR count). The summed E-state index contributed by atoms with van der Waals surface area (Å²) in [5.41, 5.74) is 3.25. The first-order valence-electron chi connectivity index (χ1n) is 9.19. The summed E-state index contributed by atoms with van der Waals surface area (Å²) >= 11 is 5.98. The summed E-state index contributed by atoms with van der Waals surface area (Å²) in [5.74, 6) is 2.08. The maximum atomic E-state index is 5.98. The second kappa shape index (κ2) is 7.53. The van der Waals surface area contributed by atoms with E-state index in [1.54, 1.807) is 23.1 Å². The molecule has 0 bridgehead atoms. The van der Waals surface area contributed by atoms with Crippen LogP contribution in [0.4, 0.5) is 11.8 Å². The van der Waals surface area contributed by atoms with E-state index in [0.717, 1.165) is 34.2 Å². The number of aryl methyl sites for hydroxylation is 1. The standard InChI is InChI=1S/C20H16ClN9/c1-29-17(6-9-23-29)26-20-22-8-5-15(25-20)13-7-10-30-18(11-13)27-28-19(30)12-14-3-2-4-16(21)24-14/h2-11H,12H2,1H3,(H,22,25,26). The van der Waals surface area contributed by atoms with Gasteiger partial charge < -0.3 is 5.32 Å². The molecule has 0 aliphatic rings. The molecule has 0 amide bonds. The topological polar surface area (TPSA) is 98.7 Å². The van der Waals surface area contributed by atoms with Gasteiger partial charge in [0.1, 0.15) is 16.8 Å². The van der Waals surface area contributed by atoms with Gasteiger partial charge in [0, 0.05) is 36.8 Å². The van der Waals surface area contributed by atoms with Gasteiger partial charge in [-0.1, -0.05) is 17.7 Å². The molecule has 148 valence electrons. The van der Waals surface area contributed by atoms with E-state index in [0.29, 0.717) is 17.5 Å². The van der Waals surface area contributed by atoms with E-state index in [-0.39, 0.29) is 0 Å². The predicted octanol–water partition coefficient (Wildman–Crippen LogP) is 3.30. The van der Waals surface area contributed by atoms with Crippen LogP contribution in [0.1, 0.15) is 11.5 Å². The maximum absolute atomic E-state index is 5.98. The van der Waals surface area contributed by atoms with Crippen molar-refractivity contribution in [3.63, 3.8) is 0 Å². The molecule has 5 aromatic rings. The molecule has 5 aromatic heterocycles. The van der Waals surface area contributed by atoms with E-state index in [1.807, 2.05) is 54.0 Å². The van der Waals surface area contributed by atoms with Crippen molar-refractivity contribution in [2.75, 3.05) is 5.32 Å². The monoisotopic (exact) mass is 417 g/mol. The lowest BCUT2D eigenvalue weighted by Gasteiger charge is -2.07. The first-order valence-corrected chi connectivity index (χ1v) is 9.57. The van der Waals surface area contributed by atoms with Gasteiger partial charge in [0.05, 0.1) is 18.3 Å². The minimum Gasteiger partial charge on any atom is -0.309 e. The summed E-state index contributed by atoms with van der Waals surface area (Å²) in [5, 5.41) is 16.4. The molecule has 0 aliphatic carbocycles.